The van der Waals surface area contributed by atoms with E-state index in [-0.39, 0.29) is 5.91 Å². The summed E-state index contributed by atoms with van der Waals surface area (Å²) < 4.78 is 24.6. The van der Waals surface area contributed by atoms with E-state index in [4.69, 9.17) is 0 Å². The zero-order chi connectivity index (χ0) is 18.6. The lowest BCUT2D eigenvalue weighted by Crippen LogP contribution is -2.24. The van der Waals surface area contributed by atoms with Gasteiger partial charge in [0.2, 0.25) is 10.0 Å². The molecular weight excluding hydrogens is 372 g/mol. The fourth-order valence-corrected chi connectivity index (χ4v) is 4.16. The van der Waals surface area contributed by atoms with Crippen LogP contribution in [-0.4, -0.2) is 45.2 Å². The molecule has 0 radical (unpaired) electrons. The summed E-state index contributed by atoms with van der Waals surface area (Å²) in [5.41, 5.74) is 0.659. The molecule has 2 aromatic heterocycles. The molecule has 0 spiro atoms. The zero-order valence-electron chi connectivity index (χ0n) is 14.6. The largest absolute Gasteiger partial charge is 0.357 e. The van der Waals surface area contributed by atoms with Gasteiger partial charge in [-0.15, -0.1) is 11.3 Å². The first-order valence-electron chi connectivity index (χ1n) is 8.46. The third-order valence-electron chi connectivity index (χ3n) is 4.06. The topological polar surface area (TPSA) is 91.4 Å². The summed E-state index contributed by atoms with van der Waals surface area (Å²) in [6, 6.07) is 7.39. The Bertz CT molecular complexity index is 856. The van der Waals surface area contributed by atoms with Crippen LogP contribution >= 0.6 is 11.3 Å². The van der Waals surface area contributed by atoms with Crippen LogP contribution in [0.1, 0.15) is 27.4 Å². The van der Waals surface area contributed by atoms with Crippen molar-refractivity contribution < 1.29 is 13.2 Å². The molecule has 0 saturated carbocycles. The van der Waals surface area contributed by atoms with E-state index >= 15 is 0 Å². The van der Waals surface area contributed by atoms with Gasteiger partial charge in [-0.1, -0.05) is 0 Å². The van der Waals surface area contributed by atoms with E-state index in [9.17, 15) is 13.2 Å². The molecule has 140 valence electrons. The molecule has 1 aliphatic rings. The number of nitrogens with one attached hydrogen (secondary N) is 2. The van der Waals surface area contributed by atoms with Crippen LogP contribution < -0.4 is 14.9 Å². The standard InChI is InChI=1S/C17H22N4O3S2/c1-26(23,24)19-9-8-14-5-6-15(25-14)17(22)20-13-4-7-16(18-12-13)21-10-2-3-11-21/h4-7,12,19H,2-3,8-11H2,1H3,(H,20,22). The van der Waals surface area contributed by atoms with Crippen molar-refractivity contribution >= 4 is 38.8 Å². The van der Waals surface area contributed by atoms with Crippen LogP contribution in [0.5, 0.6) is 0 Å². The molecule has 0 unspecified atom stereocenters. The first-order chi connectivity index (χ1) is 12.4. The average molecular weight is 395 g/mol. The number of carbonyl (C=O) groups excluding carboxylic acids is 1. The number of thiophene rings is 1. The van der Waals surface area contributed by atoms with Crippen molar-refractivity contribution in [1.82, 2.24) is 9.71 Å². The molecule has 3 heterocycles. The van der Waals surface area contributed by atoms with E-state index < -0.39 is 10.0 Å². The van der Waals surface area contributed by atoms with Gasteiger partial charge in [0.15, 0.2) is 0 Å². The van der Waals surface area contributed by atoms with Gasteiger partial charge in [0.1, 0.15) is 5.82 Å². The molecule has 9 heteroatoms. The normalized spacial score (nSPS) is 14.6. The maximum atomic E-state index is 12.4. The fraction of sp³-hybridized carbons (Fsp3) is 0.412. The predicted molar refractivity (Wildman–Crippen MR) is 105 cm³/mol. The zero-order valence-corrected chi connectivity index (χ0v) is 16.2. The van der Waals surface area contributed by atoms with Crippen LogP contribution in [0.2, 0.25) is 0 Å². The minimum Gasteiger partial charge on any atom is -0.357 e. The van der Waals surface area contributed by atoms with Gasteiger partial charge in [-0.25, -0.2) is 18.1 Å². The second-order valence-corrected chi connectivity index (χ2v) is 9.24. The highest BCUT2D eigenvalue weighted by atomic mass is 32.2. The van der Waals surface area contributed by atoms with Gasteiger partial charge in [0, 0.05) is 24.5 Å². The number of amides is 1. The summed E-state index contributed by atoms with van der Waals surface area (Å²) in [5, 5.41) is 2.85. The van der Waals surface area contributed by atoms with E-state index in [0.29, 0.717) is 23.5 Å². The average Bonchev–Trinajstić information content (AvgIpc) is 3.26. The van der Waals surface area contributed by atoms with Gasteiger partial charge in [-0.3, -0.25) is 4.79 Å². The van der Waals surface area contributed by atoms with Gasteiger partial charge >= 0.3 is 0 Å². The second kappa shape index (κ2) is 8.15. The molecule has 2 N–H and O–H groups in total. The van der Waals surface area contributed by atoms with Crippen LogP contribution in [0.4, 0.5) is 11.5 Å². The molecular formula is C17H22N4O3S2. The van der Waals surface area contributed by atoms with E-state index in [0.717, 1.165) is 30.0 Å². The first kappa shape index (κ1) is 18.8. The molecule has 1 aliphatic heterocycles. The predicted octanol–water partition coefficient (Wildman–Crippen LogP) is 2.09. The van der Waals surface area contributed by atoms with E-state index in [2.05, 4.69) is 19.9 Å². The van der Waals surface area contributed by atoms with Crippen LogP contribution in [0, 0.1) is 0 Å². The number of nitrogens with zero attached hydrogens (tertiary/aromatic N) is 2. The lowest BCUT2D eigenvalue weighted by Gasteiger charge is -2.16. The Labute approximate surface area is 157 Å². The number of anilines is 2. The summed E-state index contributed by atoms with van der Waals surface area (Å²) in [7, 11) is -3.19. The minimum atomic E-state index is -3.19. The molecule has 0 aromatic carbocycles. The quantitative estimate of drug-likeness (QED) is 0.750. The minimum absolute atomic E-state index is 0.187. The Morgan fingerprint density at radius 2 is 2.00 bits per heavy atom. The van der Waals surface area contributed by atoms with Crippen LogP contribution in [0.15, 0.2) is 30.5 Å². The first-order valence-corrected chi connectivity index (χ1v) is 11.2. The Morgan fingerprint density at radius 3 is 2.65 bits per heavy atom. The SMILES string of the molecule is CS(=O)(=O)NCCc1ccc(C(=O)Nc2ccc(N3CCCC3)nc2)s1. The van der Waals surface area contributed by atoms with Crippen molar-refractivity contribution in [2.24, 2.45) is 0 Å². The van der Waals surface area contributed by atoms with Crippen molar-refractivity contribution in [3.05, 3.63) is 40.2 Å². The van der Waals surface area contributed by atoms with Gasteiger partial charge in [-0.2, -0.15) is 0 Å². The Hall–Kier alpha value is -1.97. The maximum Gasteiger partial charge on any atom is 0.265 e. The van der Waals surface area contributed by atoms with Crippen LogP contribution in [-0.2, 0) is 16.4 Å². The fourth-order valence-electron chi connectivity index (χ4n) is 2.78. The number of pyridine rings is 1. The van der Waals surface area contributed by atoms with Crippen molar-refractivity contribution in [2.45, 2.75) is 19.3 Å². The summed E-state index contributed by atoms with van der Waals surface area (Å²) in [6.45, 7) is 2.39. The molecule has 1 saturated heterocycles. The Balaban J connectivity index is 1.54. The highest BCUT2D eigenvalue weighted by Crippen LogP contribution is 2.21. The molecule has 1 amide bonds. The van der Waals surface area contributed by atoms with Gasteiger partial charge in [0.25, 0.3) is 5.91 Å². The van der Waals surface area contributed by atoms with Crippen molar-refractivity contribution in [3.63, 3.8) is 0 Å². The molecule has 26 heavy (non-hydrogen) atoms. The van der Waals surface area contributed by atoms with Crippen molar-refractivity contribution in [1.29, 1.82) is 0 Å². The Kier molecular flexibility index (Phi) is 5.90. The third kappa shape index (κ3) is 5.26. The molecule has 1 fully saturated rings. The smallest absolute Gasteiger partial charge is 0.265 e. The maximum absolute atomic E-state index is 12.4. The van der Waals surface area contributed by atoms with Crippen LogP contribution in [0.25, 0.3) is 0 Å². The molecule has 2 aromatic rings. The summed E-state index contributed by atoms with van der Waals surface area (Å²) in [4.78, 5) is 20.6. The lowest BCUT2D eigenvalue weighted by atomic mass is 10.3. The number of rotatable bonds is 7. The molecule has 0 aliphatic carbocycles. The third-order valence-corrected chi connectivity index (χ3v) is 5.93. The van der Waals surface area contributed by atoms with Crippen molar-refractivity contribution in [3.8, 4) is 0 Å². The summed E-state index contributed by atoms with van der Waals surface area (Å²) >= 11 is 1.36. The molecule has 0 atom stereocenters. The monoisotopic (exact) mass is 394 g/mol. The summed E-state index contributed by atoms with van der Waals surface area (Å²) in [5.74, 6) is 0.755. The second-order valence-electron chi connectivity index (χ2n) is 6.24. The van der Waals surface area contributed by atoms with E-state index in [1.165, 1.54) is 24.2 Å². The van der Waals surface area contributed by atoms with E-state index in [1.54, 1.807) is 12.3 Å². The van der Waals surface area contributed by atoms with Gasteiger partial charge in [-0.05, 0) is 43.5 Å². The molecule has 7 nitrogen and oxygen atoms in total. The summed E-state index contributed by atoms with van der Waals surface area (Å²) in [6.07, 6.45) is 5.75. The lowest BCUT2D eigenvalue weighted by molar-refractivity contribution is 0.103. The van der Waals surface area contributed by atoms with Crippen LogP contribution in [0.3, 0.4) is 0 Å². The molecule has 3 rings (SSSR count). The van der Waals surface area contributed by atoms with E-state index in [1.807, 2.05) is 18.2 Å². The number of aromatic nitrogens is 1. The number of sulfonamides is 1. The number of hydrogen-bond donors (Lipinski definition) is 2. The van der Waals surface area contributed by atoms with Gasteiger partial charge < -0.3 is 10.2 Å². The number of carbonyl (C=O) groups is 1. The molecule has 0 bridgehead atoms. The Morgan fingerprint density at radius 1 is 1.23 bits per heavy atom. The highest BCUT2D eigenvalue weighted by molar-refractivity contribution is 7.88. The highest BCUT2D eigenvalue weighted by Gasteiger charge is 2.14. The van der Waals surface area contributed by atoms with Gasteiger partial charge in [0.05, 0.1) is 23.0 Å². The number of hydrogen-bond acceptors (Lipinski definition) is 6. The van der Waals surface area contributed by atoms with Crippen molar-refractivity contribution in [2.75, 3.05) is 36.1 Å².